The van der Waals surface area contributed by atoms with E-state index >= 15 is 0 Å². The summed E-state index contributed by atoms with van der Waals surface area (Å²) >= 11 is 0. The molecule has 2 aromatic rings. The summed E-state index contributed by atoms with van der Waals surface area (Å²) in [6, 6.07) is 11.3. The molecule has 2 rings (SSSR count). The Morgan fingerprint density at radius 1 is 1.08 bits per heavy atom. The van der Waals surface area contributed by atoms with E-state index in [0.717, 1.165) is 30.9 Å². The molecule has 0 aromatic heterocycles. The van der Waals surface area contributed by atoms with Gasteiger partial charge in [0.2, 0.25) is 0 Å². The summed E-state index contributed by atoms with van der Waals surface area (Å²) < 4.78 is 37.2. The third-order valence-electron chi connectivity index (χ3n) is 3.66. The molecule has 0 radical (unpaired) electrons. The topological polar surface area (TPSA) is 78.5 Å². The van der Waals surface area contributed by atoms with Gasteiger partial charge in [0.25, 0.3) is 15.9 Å². The molecule has 1 amide bonds. The second-order valence-electron chi connectivity index (χ2n) is 5.24. The van der Waals surface area contributed by atoms with Crippen LogP contribution in [0.2, 0.25) is 0 Å². The average molecular weight is 365 g/mol. The van der Waals surface area contributed by atoms with E-state index < -0.39 is 21.7 Å². The fraction of sp³-hybridized carbons (Fsp3) is 0.235. The first-order valence-electron chi connectivity index (χ1n) is 7.80. The van der Waals surface area contributed by atoms with Gasteiger partial charge >= 0.3 is 0 Å². The van der Waals surface area contributed by atoms with Crippen LogP contribution in [0.5, 0.6) is 0 Å². The van der Waals surface area contributed by atoms with Crippen LogP contribution in [-0.2, 0) is 10.0 Å². The lowest BCUT2D eigenvalue weighted by Gasteiger charge is -2.21. The SMILES string of the molecule is CCN(CC)c1ccc(C(=O)NNS(=O)(=O)c2cccc(F)c2)cc1. The van der Waals surface area contributed by atoms with E-state index in [-0.39, 0.29) is 4.90 Å². The molecule has 6 nitrogen and oxygen atoms in total. The number of anilines is 1. The lowest BCUT2D eigenvalue weighted by molar-refractivity contribution is 0.0945. The van der Waals surface area contributed by atoms with Gasteiger partial charge in [-0.1, -0.05) is 6.07 Å². The van der Waals surface area contributed by atoms with E-state index in [4.69, 9.17) is 0 Å². The minimum absolute atomic E-state index is 0.273. The molecule has 0 unspecified atom stereocenters. The van der Waals surface area contributed by atoms with Crippen LogP contribution in [0.15, 0.2) is 53.4 Å². The number of carbonyl (C=O) groups excluding carboxylic acids is 1. The Morgan fingerprint density at radius 3 is 2.28 bits per heavy atom. The zero-order valence-electron chi connectivity index (χ0n) is 14.0. The van der Waals surface area contributed by atoms with E-state index in [0.29, 0.717) is 5.56 Å². The molecule has 0 fully saturated rings. The van der Waals surface area contributed by atoms with Crippen LogP contribution >= 0.6 is 0 Å². The predicted octanol–water partition coefficient (Wildman–Crippen LogP) is 2.30. The van der Waals surface area contributed by atoms with Gasteiger partial charge < -0.3 is 4.90 Å². The van der Waals surface area contributed by atoms with E-state index in [1.54, 1.807) is 24.3 Å². The molecule has 0 saturated heterocycles. The quantitative estimate of drug-likeness (QED) is 0.738. The van der Waals surface area contributed by atoms with E-state index in [1.807, 2.05) is 18.7 Å². The number of carbonyl (C=O) groups is 1. The summed E-state index contributed by atoms with van der Waals surface area (Å²) in [5.41, 5.74) is 3.40. The molecular formula is C17H20FN3O3S. The van der Waals surface area contributed by atoms with Crippen molar-refractivity contribution in [1.82, 2.24) is 10.3 Å². The second-order valence-corrected chi connectivity index (χ2v) is 6.92. The van der Waals surface area contributed by atoms with E-state index in [9.17, 15) is 17.6 Å². The number of hydrogen-bond donors (Lipinski definition) is 2. The summed E-state index contributed by atoms with van der Waals surface area (Å²) in [7, 11) is -4.05. The van der Waals surface area contributed by atoms with Crippen molar-refractivity contribution in [3.8, 4) is 0 Å². The monoisotopic (exact) mass is 365 g/mol. The molecule has 25 heavy (non-hydrogen) atoms. The lowest BCUT2D eigenvalue weighted by atomic mass is 10.2. The van der Waals surface area contributed by atoms with Crippen molar-refractivity contribution in [2.45, 2.75) is 18.7 Å². The average Bonchev–Trinajstić information content (AvgIpc) is 2.61. The normalized spacial score (nSPS) is 11.2. The molecule has 0 atom stereocenters. The maximum Gasteiger partial charge on any atom is 0.266 e. The van der Waals surface area contributed by atoms with E-state index in [2.05, 4.69) is 10.3 Å². The van der Waals surface area contributed by atoms with Gasteiger partial charge in [-0.15, -0.1) is 4.83 Å². The molecule has 0 heterocycles. The predicted molar refractivity (Wildman–Crippen MR) is 94.2 cm³/mol. The molecule has 2 aromatic carbocycles. The van der Waals surface area contributed by atoms with Gasteiger partial charge in [0, 0.05) is 24.3 Å². The van der Waals surface area contributed by atoms with Gasteiger partial charge in [-0.05, 0) is 56.3 Å². The molecular weight excluding hydrogens is 345 g/mol. The molecule has 2 N–H and O–H groups in total. The maximum absolute atomic E-state index is 13.1. The van der Waals surface area contributed by atoms with Gasteiger partial charge in [-0.3, -0.25) is 10.2 Å². The zero-order chi connectivity index (χ0) is 18.4. The van der Waals surface area contributed by atoms with Gasteiger partial charge in [-0.25, -0.2) is 12.8 Å². The van der Waals surface area contributed by atoms with Crippen molar-refractivity contribution in [3.63, 3.8) is 0 Å². The van der Waals surface area contributed by atoms with Crippen molar-refractivity contribution in [2.75, 3.05) is 18.0 Å². The molecule has 0 aliphatic rings. The van der Waals surface area contributed by atoms with Crippen molar-refractivity contribution in [2.24, 2.45) is 0 Å². The minimum Gasteiger partial charge on any atom is -0.372 e. The summed E-state index contributed by atoms with van der Waals surface area (Å²) in [5.74, 6) is -1.28. The lowest BCUT2D eigenvalue weighted by Crippen LogP contribution is -2.41. The summed E-state index contributed by atoms with van der Waals surface area (Å²) in [5, 5.41) is 0. The van der Waals surface area contributed by atoms with Crippen LogP contribution in [0.4, 0.5) is 10.1 Å². The Balaban J connectivity index is 2.05. The maximum atomic E-state index is 13.1. The zero-order valence-corrected chi connectivity index (χ0v) is 14.8. The van der Waals surface area contributed by atoms with Gasteiger partial charge in [-0.2, -0.15) is 0 Å². The van der Waals surface area contributed by atoms with Crippen LogP contribution in [0, 0.1) is 5.82 Å². The molecule has 8 heteroatoms. The molecule has 0 aliphatic heterocycles. The van der Waals surface area contributed by atoms with Gasteiger partial charge in [0.1, 0.15) is 5.82 Å². The fourth-order valence-corrected chi connectivity index (χ4v) is 3.16. The van der Waals surface area contributed by atoms with Crippen molar-refractivity contribution < 1.29 is 17.6 Å². The highest BCUT2D eigenvalue weighted by molar-refractivity contribution is 7.89. The number of benzene rings is 2. The highest BCUT2D eigenvalue weighted by atomic mass is 32.2. The number of hydrogen-bond acceptors (Lipinski definition) is 4. The van der Waals surface area contributed by atoms with Crippen LogP contribution in [0.25, 0.3) is 0 Å². The number of amides is 1. The smallest absolute Gasteiger partial charge is 0.266 e. The van der Waals surface area contributed by atoms with Crippen LogP contribution in [0.3, 0.4) is 0 Å². The third-order valence-corrected chi connectivity index (χ3v) is 4.91. The van der Waals surface area contributed by atoms with Crippen molar-refractivity contribution in [1.29, 1.82) is 0 Å². The molecule has 134 valence electrons. The Labute approximate surface area is 146 Å². The highest BCUT2D eigenvalue weighted by Crippen LogP contribution is 2.15. The standard InChI is InChI=1S/C17H20FN3O3S/c1-3-21(4-2)15-10-8-13(9-11-15)17(22)19-20-25(23,24)16-7-5-6-14(18)12-16/h5-12,20H,3-4H2,1-2H3,(H,19,22). The largest absolute Gasteiger partial charge is 0.372 e. The first-order chi connectivity index (χ1) is 11.9. The van der Waals surface area contributed by atoms with Crippen LogP contribution < -0.4 is 15.2 Å². The molecule has 0 bridgehead atoms. The Hall–Kier alpha value is -2.45. The number of hydrazine groups is 1. The highest BCUT2D eigenvalue weighted by Gasteiger charge is 2.16. The molecule has 0 aliphatic carbocycles. The Morgan fingerprint density at radius 2 is 1.72 bits per heavy atom. The Bertz CT molecular complexity index is 834. The fourth-order valence-electron chi connectivity index (χ4n) is 2.29. The van der Waals surface area contributed by atoms with Crippen LogP contribution in [0.1, 0.15) is 24.2 Å². The first-order valence-corrected chi connectivity index (χ1v) is 9.28. The third kappa shape index (κ3) is 4.77. The number of sulfonamides is 1. The minimum atomic E-state index is -4.05. The van der Waals surface area contributed by atoms with Crippen molar-refractivity contribution >= 4 is 21.6 Å². The Kier molecular flexibility index (Phi) is 6.11. The molecule has 0 saturated carbocycles. The first kappa shape index (κ1) is 18.9. The van der Waals surface area contributed by atoms with E-state index in [1.165, 1.54) is 12.1 Å². The number of nitrogens with one attached hydrogen (secondary N) is 2. The van der Waals surface area contributed by atoms with Crippen LogP contribution in [-0.4, -0.2) is 27.4 Å². The summed E-state index contributed by atoms with van der Waals surface area (Å²) in [6.45, 7) is 5.75. The number of halogens is 1. The summed E-state index contributed by atoms with van der Waals surface area (Å²) in [4.78, 5) is 15.9. The summed E-state index contributed by atoms with van der Waals surface area (Å²) in [6.07, 6.45) is 0. The number of rotatable bonds is 7. The molecule has 0 spiro atoms. The van der Waals surface area contributed by atoms with Crippen molar-refractivity contribution in [3.05, 3.63) is 59.9 Å². The number of nitrogens with zero attached hydrogens (tertiary/aromatic N) is 1. The van der Waals surface area contributed by atoms with Gasteiger partial charge in [0.15, 0.2) is 0 Å². The van der Waals surface area contributed by atoms with Gasteiger partial charge in [0.05, 0.1) is 4.90 Å². The second kappa shape index (κ2) is 8.09.